The number of aryl methyl sites for hydroxylation is 2. The molecular formula is C17H16N2S. The molecule has 0 unspecified atom stereocenters. The van der Waals surface area contributed by atoms with Crippen LogP contribution in [0.1, 0.15) is 11.1 Å². The molecule has 3 rings (SSSR count). The lowest BCUT2D eigenvalue weighted by Crippen LogP contribution is -1.91. The van der Waals surface area contributed by atoms with Gasteiger partial charge in [0.1, 0.15) is 0 Å². The Labute approximate surface area is 123 Å². The van der Waals surface area contributed by atoms with Crippen LogP contribution in [0.2, 0.25) is 0 Å². The van der Waals surface area contributed by atoms with Crippen LogP contribution in [0, 0.1) is 13.8 Å². The lowest BCUT2D eigenvalue weighted by Gasteiger charge is -2.09. The molecule has 2 nitrogen and oxygen atoms in total. The molecule has 0 aliphatic rings. The van der Waals surface area contributed by atoms with E-state index in [1.54, 1.807) is 11.9 Å². The molecule has 1 aromatic heterocycles. The Morgan fingerprint density at radius 2 is 1.75 bits per heavy atom. The topological polar surface area (TPSA) is 24.9 Å². The predicted octanol–water partition coefficient (Wildman–Crippen LogP) is 4.97. The second-order valence-corrected chi connectivity index (χ2v) is 5.78. The van der Waals surface area contributed by atoms with Gasteiger partial charge in [0.25, 0.3) is 0 Å². The van der Waals surface area contributed by atoms with Crippen molar-refractivity contribution in [2.24, 2.45) is 0 Å². The van der Waals surface area contributed by atoms with Gasteiger partial charge in [0.05, 0.1) is 11.2 Å². The summed E-state index contributed by atoms with van der Waals surface area (Å²) in [5.41, 5.74) is 4.58. The third-order valence-corrected chi connectivity index (χ3v) is 3.98. The van der Waals surface area contributed by atoms with E-state index >= 15 is 0 Å². The third kappa shape index (κ3) is 2.78. The number of benzene rings is 2. The quantitative estimate of drug-likeness (QED) is 0.686. The second kappa shape index (κ2) is 5.55. The number of pyridine rings is 1. The first-order valence-electron chi connectivity index (χ1n) is 6.57. The predicted molar refractivity (Wildman–Crippen MR) is 87.1 cm³/mol. The molecular weight excluding hydrogens is 264 g/mol. The SMILES string of the molecule is Cc1ccc(SNc2cc(C)cc3cccnc23)cc1. The van der Waals surface area contributed by atoms with Crippen molar-refractivity contribution in [3.63, 3.8) is 0 Å². The van der Waals surface area contributed by atoms with E-state index in [1.165, 1.54) is 21.4 Å². The van der Waals surface area contributed by atoms with Crippen LogP contribution in [-0.2, 0) is 0 Å². The summed E-state index contributed by atoms with van der Waals surface area (Å²) >= 11 is 1.62. The molecule has 0 spiro atoms. The van der Waals surface area contributed by atoms with E-state index in [4.69, 9.17) is 0 Å². The van der Waals surface area contributed by atoms with Crippen LogP contribution in [0.3, 0.4) is 0 Å². The summed E-state index contributed by atoms with van der Waals surface area (Å²) in [7, 11) is 0. The molecule has 0 radical (unpaired) electrons. The molecule has 3 aromatic rings. The molecule has 0 saturated heterocycles. The smallest absolute Gasteiger partial charge is 0.0941 e. The van der Waals surface area contributed by atoms with Gasteiger partial charge in [0.15, 0.2) is 0 Å². The largest absolute Gasteiger partial charge is 0.324 e. The third-order valence-electron chi connectivity index (χ3n) is 3.15. The zero-order chi connectivity index (χ0) is 13.9. The van der Waals surface area contributed by atoms with Gasteiger partial charge in [-0.3, -0.25) is 4.98 Å². The summed E-state index contributed by atoms with van der Waals surface area (Å²) in [4.78, 5) is 5.67. The van der Waals surface area contributed by atoms with Crippen LogP contribution in [-0.4, -0.2) is 4.98 Å². The van der Waals surface area contributed by atoms with Gasteiger partial charge in [0.2, 0.25) is 0 Å². The van der Waals surface area contributed by atoms with E-state index in [-0.39, 0.29) is 0 Å². The first-order chi connectivity index (χ1) is 9.72. The average Bonchev–Trinajstić information content (AvgIpc) is 2.46. The molecule has 3 heteroatoms. The molecule has 2 aromatic carbocycles. The van der Waals surface area contributed by atoms with Crippen molar-refractivity contribution >= 4 is 28.5 Å². The van der Waals surface area contributed by atoms with E-state index in [9.17, 15) is 0 Å². The highest BCUT2D eigenvalue weighted by Gasteiger charge is 2.04. The maximum Gasteiger partial charge on any atom is 0.0941 e. The number of nitrogens with zero attached hydrogens (tertiary/aromatic N) is 1. The van der Waals surface area contributed by atoms with Crippen LogP contribution < -0.4 is 4.72 Å². The minimum absolute atomic E-state index is 1.01. The number of nitrogens with one attached hydrogen (secondary N) is 1. The molecule has 0 amide bonds. The molecule has 0 fully saturated rings. The van der Waals surface area contributed by atoms with Crippen LogP contribution in [0.4, 0.5) is 5.69 Å². The Morgan fingerprint density at radius 1 is 0.950 bits per heavy atom. The Morgan fingerprint density at radius 3 is 2.55 bits per heavy atom. The fourth-order valence-electron chi connectivity index (χ4n) is 2.14. The zero-order valence-electron chi connectivity index (χ0n) is 11.6. The normalized spacial score (nSPS) is 10.7. The lowest BCUT2D eigenvalue weighted by atomic mass is 10.1. The van der Waals surface area contributed by atoms with E-state index in [0.717, 1.165) is 11.2 Å². The number of fused-ring (bicyclic) bond motifs is 1. The van der Waals surface area contributed by atoms with Crippen LogP contribution in [0.15, 0.2) is 59.6 Å². The number of aromatic nitrogens is 1. The number of hydrogen-bond acceptors (Lipinski definition) is 3. The molecule has 100 valence electrons. The molecule has 1 heterocycles. The van der Waals surface area contributed by atoms with Crippen molar-refractivity contribution in [3.05, 3.63) is 65.9 Å². The molecule has 1 N–H and O–H groups in total. The van der Waals surface area contributed by atoms with Gasteiger partial charge < -0.3 is 4.72 Å². The van der Waals surface area contributed by atoms with E-state index in [2.05, 4.69) is 66.0 Å². The molecule has 0 bridgehead atoms. The molecule has 0 aliphatic carbocycles. The summed E-state index contributed by atoms with van der Waals surface area (Å²) < 4.78 is 3.42. The highest BCUT2D eigenvalue weighted by molar-refractivity contribution is 8.00. The number of anilines is 1. The Bertz CT molecular complexity index is 736. The van der Waals surface area contributed by atoms with Crippen molar-refractivity contribution in [1.82, 2.24) is 4.98 Å². The fraction of sp³-hybridized carbons (Fsp3) is 0.118. The fourth-order valence-corrected chi connectivity index (χ4v) is 2.80. The Kier molecular flexibility index (Phi) is 3.61. The summed E-state index contributed by atoms with van der Waals surface area (Å²) in [6.07, 6.45) is 1.83. The summed E-state index contributed by atoms with van der Waals surface area (Å²) in [6.45, 7) is 4.20. The minimum Gasteiger partial charge on any atom is -0.324 e. The van der Waals surface area contributed by atoms with Gasteiger partial charge in [-0.15, -0.1) is 0 Å². The van der Waals surface area contributed by atoms with Crippen molar-refractivity contribution in [1.29, 1.82) is 0 Å². The second-order valence-electron chi connectivity index (χ2n) is 4.90. The van der Waals surface area contributed by atoms with Gasteiger partial charge in [-0.1, -0.05) is 23.8 Å². The summed E-state index contributed by atoms with van der Waals surface area (Å²) in [6, 6.07) is 16.8. The van der Waals surface area contributed by atoms with Gasteiger partial charge in [-0.2, -0.15) is 0 Å². The number of hydrogen-bond donors (Lipinski definition) is 1. The van der Waals surface area contributed by atoms with Gasteiger partial charge in [-0.25, -0.2) is 0 Å². The van der Waals surface area contributed by atoms with Crippen molar-refractivity contribution in [3.8, 4) is 0 Å². The molecule has 0 atom stereocenters. The van der Waals surface area contributed by atoms with Gasteiger partial charge in [-0.05, 0) is 61.7 Å². The maximum absolute atomic E-state index is 4.47. The van der Waals surface area contributed by atoms with Crippen molar-refractivity contribution < 1.29 is 0 Å². The average molecular weight is 280 g/mol. The van der Waals surface area contributed by atoms with E-state index < -0.39 is 0 Å². The van der Waals surface area contributed by atoms with E-state index in [1.807, 2.05) is 12.3 Å². The van der Waals surface area contributed by atoms with Gasteiger partial charge in [0, 0.05) is 16.5 Å². The van der Waals surface area contributed by atoms with Crippen LogP contribution in [0.25, 0.3) is 10.9 Å². The van der Waals surface area contributed by atoms with Crippen LogP contribution >= 0.6 is 11.9 Å². The molecule has 0 saturated carbocycles. The zero-order valence-corrected chi connectivity index (χ0v) is 12.4. The standard InChI is InChI=1S/C17H16N2S/c1-12-5-7-15(8-6-12)20-19-16-11-13(2)10-14-4-3-9-18-17(14)16/h3-11,19H,1-2H3. The van der Waals surface area contributed by atoms with Crippen LogP contribution in [0.5, 0.6) is 0 Å². The Hall–Kier alpha value is -2.00. The van der Waals surface area contributed by atoms with Gasteiger partial charge >= 0.3 is 0 Å². The summed E-state index contributed by atoms with van der Waals surface area (Å²) in [5.74, 6) is 0. The first-order valence-corrected chi connectivity index (χ1v) is 7.39. The minimum atomic E-state index is 1.01. The molecule has 0 aliphatic heterocycles. The number of rotatable bonds is 3. The first kappa shape index (κ1) is 13.0. The van der Waals surface area contributed by atoms with E-state index in [0.29, 0.717) is 0 Å². The maximum atomic E-state index is 4.47. The highest BCUT2D eigenvalue weighted by atomic mass is 32.2. The summed E-state index contributed by atoms with van der Waals surface area (Å²) in [5, 5.41) is 1.17. The highest BCUT2D eigenvalue weighted by Crippen LogP contribution is 2.28. The lowest BCUT2D eigenvalue weighted by molar-refractivity contribution is 1.37. The monoisotopic (exact) mass is 280 g/mol. The van der Waals surface area contributed by atoms with Crippen molar-refractivity contribution in [2.75, 3.05) is 4.72 Å². The Balaban J connectivity index is 1.88. The van der Waals surface area contributed by atoms with Crippen molar-refractivity contribution in [2.45, 2.75) is 18.7 Å². The molecule has 20 heavy (non-hydrogen) atoms.